The number of carbonyl (C=O) groups excluding carboxylic acids is 1. The highest BCUT2D eigenvalue weighted by Gasteiger charge is 2.08. The van der Waals surface area contributed by atoms with Gasteiger partial charge in [-0.25, -0.2) is 0 Å². The Morgan fingerprint density at radius 3 is 2.67 bits per heavy atom. The van der Waals surface area contributed by atoms with Gasteiger partial charge in [0, 0.05) is 11.8 Å². The molecule has 0 unspecified atom stereocenters. The number of hydrogen-bond acceptors (Lipinski definition) is 4. The fourth-order valence-corrected chi connectivity index (χ4v) is 0.894. The SMILES string of the molecule is NCC(=O)c1ccc(N)cc1O. The zero-order valence-electron chi connectivity index (χ0n) is 6.45. The maximum atomic E-state index is 11.0. The molecule has 1 rings (SSSR count). The quantitative estimate of drug-likeness (QED) is 0.430. The van der Waals surface area contributed by atoms with Gasteiger partial charge in [-0.2, -0.15) is 0 Å². The second-order valence-electron chi connectivity index (χ2n) is 2.40. The highest BCUT2D eigenvalue weighted by Crippen LogP contribution is 2.19. The maximum absolute atomic E-state index is 11.0. The molecule has 4 nitrogen and oxygen atoms in total. The first-order valence-electron chi connectivity index (χ1n) is 3.47. The monoisotopic (exact) mass is 166 g/mol. The van der Waals surface area contributed by atoms with Crippen LogP contribution in [-0.2, 0) is 0 Å². The van der Waals surface area contributed by atoms with Crippen LogP contribution in [-0.4, -0.2) is 17.4 Å². The third-order valence-corrected chi connectivity index (χ3v) is 1.51. The van der Waals surface area contributed by atoms with Crippen molar-refractivity contribution >= 4 is 11.5 Å². The third-order valence-electron chi connectivity index (χ3n) is 1.51. The lowest BCUT2D eigenvalue weighted by molar-refractivity contribution is 0.0999. The van der Waals surface area contributed by atoms with Crippen molar-refractivity contribution in [1.29, 1.82) is 0 Å². The summed E-state index contributed by atoms with van der Waals surface area (Å²) in [6, 6.07) is 4.32. The Kier molecular flexibility index (Phi) is 2.30. The molecule has 0 aromatic heterocycles. The number of phenols is 1. The minimum absolute atomic E-state index is 0.114. The molecule has 0 atom stereocenters. The van der Waals surface area contributed by atoms with Gasteiger partial charge in [0.1, 0.15) is 5.75 Å². The first kappa shape index (κ1) is 8.55. The van der Waals surface area contributed by atoms with Gasteiger partial charge in [0.25, 0.3) is 0 Å². The van der Waals surface area contributed by atoms with Gasteiger partial charge in [0.15, 0.2) is 5.78 Å². The summed E-state index contributed by atoms with van der Waals surface area (Å²) >= 11 is 0. The van der Waals surface area contributed by atoms with Crippen LogP contribution in [0.3, 0.4) is 0 Å². The first-order chi connectivity index (χ1) is 5.65. The van der Waals surface area contributed by atoms with Gasteiger partial charge >= 0.3 is 0 Å². The Labute approximate surface area is 69.8 Å². The molecule has 0 saturated carbocycles. The van der Waals surface area contributed by atoms with Crippen LogP contribution in [0.15, 0.2) is 18.2 Å². The fourth-order valence-electron chi connectivity index (χ4n) is 0.894. The number of nitrogen functional groups attached to an aromatic ring is 1. The largest absolute Gasteiger partial charge is 0.507 e. The first-order valence-corrected chi connectivity index (χ1v) is 3.47. The molecule has 0 aliphatic rings. The van der Waals surface area contributed by atoms with Crippen LogP contribution >= 0.6 is 0 Å². The number of phenolic OH excluding ortho intramolecular Hbond substituents is 1. The van der Waals surface area contributed by atoms with E-state index in [1.807, 2.05) is 0 Å². The molecule has 0 spiro atoms. The van der Waals surface area contributed by atoms with Crippen molar-refractivity contribution in [3.8, 4) is 5.75 Å². The predicted molar refractivity (Wildman–Crippen MR) is 45.9 cm³/mol. The Balaban J connectivity index is 3.09. The molecular formula is C8H10N2O2. The van der Waals surface area contributed by atoms with Crippen molar-refractivity contribution < 1.29 is 9.90 Å². The second kappa shape index (κ2) is 3.23. The van der Waals surface area contributed by atoms with E-state index in [0.717, 1.165) is 0 Å². The highest BCUT2D eigenvalue weighted by molar-refractivity contribution is 6.00. The molecule has 5 N–H and O–H groups in total. The summed E-state index contributed by atoms with van der Waals surface area (Å²) in [6.07, 6.45) is 0. The number of ketones is 1. The van der Waals surface area contributed by atoms with Crippen molar-refractivity contribution in [2.45, 2.75) is 0 Å². The third kappa shape index (κ3) is 1.54. The van der Waals surface area contributed by atoms with Crippen molar-refractivity contribution in [1.82, 2.24) is 0 Å². The zero-order chi connectivity index (χ0) is 9.14. The summed E-state index contributed by atoms with van der Waals surface area (Å²) in [7, 11) is 0. The number of hydrogen-bond donors (Lipinski definition) is 3. The van der Waals surface area contributed by atoms with E-state index in [0.29, 0.717) is 5.69 Å². The summed E-state index contributed by atoms with van der Waals surface area (Å²) in [5.74, 6) is -0.419. The molecular weight excluding hydrogens is 156 g/mol. The number of benzene rings is 1. The van der Waals surface area contributed by atoms with E-state index in [2.05, 4.69) is 0 Å². The van der Waals surface area contributed by atoms with Gasteiger partial charge < -0.3 is 16.6 Å². The Morgan fingerprint density at radius 1 is 1.50 bits per heavy atom. The molecule has 4 heteroatoms. The molecule has 12 heavy (non-hydrogen) atoms. The average Bonchev–Trinajstić information content (AvgIpc) is 2.03. The minimum Gasteiger partial charge on any atom is -0.507 e. The van der Waals surface area contributed by atoms with Crippen LogP contribution < -0.4 is 11.5 Å². The Morgan fingerprint density at radius 2 is 2.17 bits per heavy atom. The Bertz CT molecular complexity index is 310. The van der Waals surface area contributed by atoms with Gasteiger partial charge in [0.05, 0.1) is 12.1 Å². The van der Waals surface area contributed by atoms with Gasteiger partial charge in [0.2, 0.25) is 0 Å². The van der Waals surface area contributed by atoms with E-state index in [4.69, 9.17) is 11.5 Å². The van der Waals surface area contributed by atoms with Crippen molar-refractivity contribution in [3.05, 3.63) is 23.8 Å². The standard InChI is InChI=1S/C8H10N2O2/c9-4-8(12)6-2-1-5(10)3-7(6)11/h1-3,11H,4,9-10H2. The number of carbonyl (C=O) groups is 1. The molecule has 0 bridgehead atoms. The molecule has 0 radical (unpaired) electrons. The highest BCUT2D eigenvalue weighted by atomic mass is 16.3. The smallest absolute Gasteiger partial charge is 0.180 e. The summed E-state index contributed by atoms with van der Waals surface area (Å²) in [6.45, 7) is -0.114. The molecule has 64 valence electrons. The van der Waals surface area contributed by atoms with Gasteiger partial charge in [-0.15, -0.1) is 0 Å². The molecule has 0 aliphatic carbocycles. The van der Waals surface area contributed by atoms with E-state index in [1.165, 1.54) is 12.1 Å². The van der Waals surface area contributed by atoms with E-state index in [1.54, 1.807) is 6.07 Å². The topological polar surface area (TPSA) is 89.3 Å². The van der Waals surface area contributed by atoms with Gasteiger partial charge in [-0.05, 0) is 12.1 Å². The van der Waals surface area contributed by atoms with Crippen LogP contribution in [0.2, 0.25) is 0 Å². The summed E-state index contributed by atoms with van der Waals surface area (Å²) in [4.78, 5) is 11.0. The molecule has 0 aliphatic heterocycles. The lowest BCUT2D eigenvalue weighted by Crippen LogP contribution is -2.13. The molecule has 0 saturated heterocycles. The predicted octanol–water partition coefficient (Wildman–Crippen LogP) is 0.116. The maximum Gasteiger partial charge on any atom is 0.180 e. The van der Waals surface area contributed by atoms with Gasteiger partial charge in [-0.1, -0.05) is 0 Å². The van der Waals surface area contributed by atoms with Crippen molar-refractivity contribution in [2.24, 2.45) is 5.73 Å². The number of nitrogens with two attached hydrogens (primary N) is 2. The fraction of sp³-hybridized carbons (Fsp3) is 0.125. The number of aromatic hydroxyl groups is 1. The van der Waals surface area contributed by atoms with E-state index >= 15 is 0 Å². The van der Waals surface area contributed by atoms with Crippen molar-refractivity contribution in [3.63, 3.8) is 0 Å². The van der Waals surface area contributed by atoms with Crippen LogP contribution in [0.1, 0.15) is 10.4 Å². The summed E-state index contributed by atoms with van der Waals surface area (Å²) < 4.78 is 0. The average molecular weight is 166 g/mol. The van der Waals surface area contributed by atoms with E-state index < -0.39 is 0 Å². The molecule has 1 aromatic rings. The van der Waals surface area contributed by atoms with E-state index in [9.17, 15) is 9.90 Å². The van der Waals surface area contributed by atoms with E-state index in [-0.39, 0.29) is 23.6 Å². The number of Topliss-reactive ketones (excluding diaryl/α,β-unsaturated/α-hetero) is 1. The summed E-state index contributed by atoms with van der Waals surface area (Å²) in [5.41, 5.74) is 11.1. The zero-order valence-corrected chi connectivity index (χ0v) is 6.45. The second-order valence-corrected chi connectivity index (χ2v) is 2.40. The Hall–Kier alpha value is -1.55. The lowest BCUT2D eigenvalue weighted by Gasteiger charge is -2.01. The van der Waals surface area contributed by atoms with Gasteiger partial charge in [-0.3, -0.25) is 4.79 Å². The molecule has 0 heterocycles. The number of rotatable bonds is 2. The minimum atomic E-state index is -0.299. The lowest BCUT2D eigenvalue weighted by atomic mass is 10.1. The molecule has 0 fully saturated rings. The van der Waals surface area contributed by atoms with Crippen LogP contribution in [0, 0.1) is 0 Å². The van der Waals surface area contributed by atoms with Crippen LogP contribution in [0.4, 0.5) is 5.69 Å². The summed E-state index contributed by atoms with van der Waals surface area (Å²) in [5, 5.41) is 9.24. The molecule has 0 amide bonds. The van der Waals surface area contributed by atoms with Crippen LogP contribution in [0.25, 0.3) is 0 Å². The normalized spacial score (nSPS) is 9.75. The molecule has 1 aromatic carbocycles. The van der Waals surface area contributed by atoms with Crippen molar-refractivity contribution in [2.75, 3.05) is 12.3 Å². The van der Waals surface area contributed by atoms with Crippen LogP contribution in [0.5, 0.6) is 5.75 Å². The number of anilines is 1.